The van der Waals surface area contributed by atoms with Crippen LogP contribution < -0.4 is 15.8 Å². The number of aliphatic carboxylic acids is 2. The first-order valence-electron chi connectivity index (χ1n) is 10.2. The molecular formula is C23H23ClN4O5. The van der Waals surface area contributed by atoms with Crippen molar-refractivity contribution in [2.75, 3.05) is 31.1 Å². The number of nitrogens with one attached hydrogen (secondary N) is 1. The van der Waals surface area contributed by atoms with Gasteiger partial charge in [0.25, 0.3) is 5.56 Å². The number of halogens is 1. The van der Waals surface area contributed by atoms with Gasteiger partial charge in [-0.05, 0) is 37.2 Å². The highest BCUT2D eigenvalue weighted by molar-refractivity contribution is 6.32. The molecule has 1 aromatic heterocycles. The van der Waals surface area contributed by atoms with Gasteiger partial charge in [-0.3, -0.25) is 9.36 Å². The van der Waals surface area contributed by atoms with E-state index in [1.165, 1.54) is 0 Å². The molecule has 1 aliphatic heterocycles. The number of fused-ring (bicyclic) bond motifs is 1. The normalized spacial score (nSPS) is 13.9. The van der Waals surface area contributed by atoms with Gasteiger partial charge in [-0.2, -0.15) is 0 Å². The van der Waals surface area contributed by atoms with Gasteiger partial charge in [-0.1, -0.05) is 35.9 Å². The average molecular weight is 471 g/mol. The Labute approximate surface area is 194 Å². The van der Waals surface area contributed by atoms with Crippen molar-refractivity contribution < 1.29 is 19.8 Å². The van der Waals surface area contributed by atoms with Gasteiger partial charge in [0.2, 0.25) is 0 Å². The van der Waals surface area contributed by atoms with Crippen LogP contribution >= 0.6 is 11.6 Å². The molecule has 0 radical (unpaired) electrons. The molecule has 1 fully saturated rings. The summed E-state index contributed by atoms with van der Waals surface area (Å²) < 4.78 is 1.68. The lowest BCUT2D eigenvalue weighted by Crippen LogP contribution is -2.35. The number of rotatable bonds is 4. The standard InChI is InChI=1S/C19H19ClN4O.C4H4O4/c20-14-6-1-3-8-16(14)24-17-9-4-2-7-15(17)22-18(19(24)25)23-12-5-10-21-11-13-23;5-3(6)1-2-4(7)8/h1-4,6-9,21H,5,10-13H2;1-2H,(H,5,6)(H,7,8). The summed E-state index contributed by atoms with van der Waals surface area (Å²) in [6, 6.07) is 15.1. The van der Waals surface area contributed by atoms with Crippen molar-refractivity contribution in [3.63, 3.8) is 0 Å². The molecule has 10 heteroatoms. The highest BCUT2D eigenvalue weighted by atomic mass is 35.5. The molecule has 0 spiro atoms. The number of nitrogens with zero attached hydrogens (tertiary/aromatic N) is 3. The van der Waals surface area contributed by atoms with Crippen LogP contribution in [0.15, 0.2) is 65.5 Å². The Morgan fingerprint density at radius 1 is 0.970 bits per heavy atom. The number of hydrogen-bond donors (Lipinski definition) is 3. The predicted molar refractivity (Wildman–Crippen MR) is 126 cm³/mol. The predicted octanol–water partition coefficient (Wildman–Crippen LogP) is 2.55. The zero-order valence-corrected chi connectivity index (χ0v) is 18.4. The minimum absolute atomic E-state index is 0.131. The SMILES string of the molecule is O=C(O)C=CC(=O)O.O=c1c(N2CCCNCC2)nc2ccccc2n1-c1ccccc1Cl. The molecule has 0 unspecified atom stereocenters. The van der Waals surface area contributed by atoms with Crippen molar-refractivity contribution in [1.82, 2.24) is 14.9 Å². The summed E-state index contributed by atoms with van der Waals surface area (Å²) in [5.41, 5.74) is 2.10. The average Bonchev–Trinajstić information content (AvgIpc) is 3.08. The number of carboxylic acids is 2. The minimum atomic E-state index is -1.26. The molecule has 3 aromatic rings. The molecule has 0 atom stereocenters. The van der Waals surface area contributed by atoms with Crippen LogP contribution in [0.4, 0.5) is 5.82 Å². The Hall–Kier alpha value is -3.69. The lowest BCUT2D eigenvalue weighted by molar-refractivity contribution is -0.134. The first-order valence-corrected chi connectivity index (χ1v) is 10.6. The van der Waals surface area contributed by atoms with Crippen molar-refractivity contribution >= 4 is 40.4 Å². The summed E-state index contributed by atoms with van der Waals surface area (Å²) in [6.45, 7) is 3.39. The van der Waals surface area contributed by atoms with Gasteiger partial charge in [0.1, 0.15) is 0 Å². The monoisotopic (exact) mass is 470 g/mol. The number of carboxylic acid groups (broad SMARTS) is 2. The zero-order chi connectivity index (χ0) is 23.8. The summed E-state index contributed by atoms with van der Waals surface area (Å²) in [5.74, 6) is -2.03. The number of hydrogen-bond acceptors (Lipinski definition) is 6. The molecule has 172 valence electrons. The van der Waals surface area contributed by atoms with E-state index in [0.717, 1.165) is 43.6 Å². The molecule has 0 amide bonds. The van der Waals surface area contributed by atoms with Crippen LogP contribution in [0.1, 0.15) is 6.42 Å². The van der Waals surface area contributed by atoms with Crippen LogP contribution in [-0.4, -0.2) is 57.9 Å². The van der Waals surface area contributed by atoms with Crippen LogP contribution in [0.3, 0.4) is 0 Å². The second-order valence-corrected chi connectivity index (χ2v) is 7.52. The van der Waals surface area contributed by atoms with Crippen molar-refractivity contribution in [2.45, 2.75) is 6.42 Å². The van der Waals surface area contributed by atoms with E-state index in [1.54, 1.807) is 10.6 Å². The van der Waals surface area contributed by atoms with E-state index in [2.05, 4.69) is 15.2 Å². The number of aromatic nitrogens is 2. The summed E-state index contributed by atoms with van der Waals surface area (Å²) in [7, 11) is 0. The molecule has 1 saturated heterocycles. The van der Waals surface area contributed by atoms with E-state index in [0.29, 0.717) is 28.7 Å². The van der Waals surface area contributed by atoms with Gasteiger partial charge in [0.15, 0.2) is 5.82 Å². The molecule has 33 heavy (non-hydrogen) atoms. The van der Waals surface area contributed by atoms with Crippen molar-refractivity contribution in [3.8, 4) is 5.69 Å². The molecule has 2 aromatic carbocycles. The van der Waals surface area contributed by atoms with Gasteiger partial charge in [-0.15, -0.1) is 0 Å². The fourth-order valence-electron chi connectivity index (χ4n) is 3.40. The summed E-state index contributed by atoms with van der Waals surface area (Å²) in [5, 5.41) is 19.5. The number of benzene rings is 2. The molecule has 0 aliphatic carbocycles. The van der Waals surface area contributed by atoms with Crippen LogP contribution in [0.25, 0.3) is 16.7 Å². The van der Waals surface area contributed by atoms with Crippen LogP contribution in [-0.2, 0) is 9.59 Å². The second-order valence-electron chi connectivity index (χ2n) is 7.12. The van der Waals surface area contributed by atoms with Crippen LogP contribution in [0.2, 0.25) is 5.02 Å². The van der Waals surface area contributed by atoms with E-state index in [-0.39, 0.29) is 5.56 Å². The molecule has 0 bridgehead atoms. The van der Waals surface area contributed by atoms with Gasteiger partial charge in [0.05, 0.1) is 21.7 Å². The highest BCUT2D eigenvalue weighted by Crippen LogP contribution is 2.24. The van der Waals surface area contributed by atoms with Crippen molar-refractivity contribution in [2.24, 2.45) is 0 Å². The summed E-state index contributed by atoms with van der Waals surface area (Å²) in [6.07, 6.45) is 2.10. The second kappa shape index (κ2) is 11.3. The van der Waals surface area contributed by atoms with Crippen LogP contribution in [0, 0.1) is 0 Å². The Morgan fingerprint density at radius 3 is 2.33 bits per heavy atom. The van der Waals surface area contributed by atoms with Gasteiger partial charge in [-0.25, -0.2) is 14.6 Å². The lowest BCUT2D eigenvalue weighted by atomic mass is 10.2. The Bertz CT molecular complexity index is 1220. The first kappa shape index (κ1) is 24.0. The van der Waals surface area contributed by atoms with Crippen molar-refractivity contribution in [1.29, 1.82) is 0 Å². The van der Waals surface area contributed by atoms with E-state index < -0.39 is 11.9 Å². The Balaban J connectivity index is 0.000000331. The van der Waals surface area contributed by atoms with Crippen molar-refractivity contribution in [3.05, 3.63) is 76.1 Å². The molecular weight excluding hydrogens is 448 g/mol. The van der Waals surface area contributed by atoms with Gasteiger partial charge < -0.3 is 20.4 Å². The zero-order valence-electron chi connectivity index (χ0n) is 17.6. The topological polar surface area (TPSA) is 125 Å². The third-order valence-corrected chi connectivity index (χ3v) is 5.16. The maximum absolute atomic E-state index is 13.3. The fourth-order valence-corrected chi connectivity index (χ4v) is 3.62. The molecule has 9 nitrogen and oxygen atoms in total. The van der Waals surface area contributed by atoms with Gasteiger partial charge in [0, 0.05) is 31.8 Å². The number of anilines is 1. The largest absolute Gasteiger partial charge is 0.478 e. The molecule has 4 rings (SSSR count). The van der Waals surface area contributed by atoms with Gasteiger partial charge >= 0.3 is 11.9 Å². The van der Waals surface area contributed by atoms with Crippen LogP contribution in [0.5, 0.6) is 0 Å². The maximum Gasteiger partial charge on any atom is 0.328 e. The number of para-hydroxylation sites is 3. The van der Waals surface area contributed by atoms with E-state index >= 15 is 0 Å². The Morgan fingerprint density at radius 2 is 1.64 bits per heavy atom. The third kappa shape index (κ3) is 6.18. The molecule has 1 aliphatic rings. The fraction of sp³-hybridized carbons (Fsp3) is 0.217. The van der Waals surface area contributed by atoms with E-state index in [4.69, 9.17) is 21.8 Å². The highest BCUT2D eigenvalue weighted by Gasteiger charge is 2.19. The first-order chi connectivity index (χ1) is 15.9. The molecule has 3 N–H and O–H groups in total. The smallest absolute Gasteiger partial charge is 0.328 e. The van der Waals surface area contributed by atoms with E-state index in [1.807, 2.05) is 42.5 Å². The van der Waals surface area contributed by atoms with E-state index in [9.17, 15) is 14.4 Å². The third-order valence-electron chi connectivity index (χ3n) is 4.84. The quantitative estimate of drug-likeness (QED) is 0.497. The minimum Gasteiger partial charge on any atom is -0.478 e. The molecule has 0 saturated carbocycles. The summed E-state index contributed by atoms with van der Waals surface area (Å²) >= 11 is 6.39. The summed E-state index contributed by atoms with van der Waals surface area (Å²) in [4.78, 5) is 39.2. The Kier molecular flexibility index (Phi) is 8.17. The lowest BCUT2D eigenvalue weighted by Gasteiger charge is -2.22. The maximum atomic E-state index is 13.3. The number of carbonyl (C=O) groups is 2. The molecule has 2 heterocycles.